The number of ether oxygens (including phenoxy) is 1. The highest BCUT2D eigenvalue weighted by atomic mass is 32.2. The van der Waals surface area contributed by atoms with Gasteiger partial charge in [-0.1, -0.05) is 0 Å². The summed E-state index contributed by atoms with van der Waals surface area (Å²) in [6, 6.07) is 4.97. The number of methoxy groups -OCH3 is 1. The Bertz CT molecular complexity index is 506. The van der Waals surface area contributed by atoms with Crippen LogP contribution in [-0.4, -0.2) is 17.6 Å². The maximum atomic E-state index is 12.2. The van der Waals surface area contributed by atoms with E-state index in [0.717, 1.165) is 0 Å². The van der Waals surface area contributed by atoms with Crippen molar-refractivity contribution in [3.05, 3.63) is 24.4 Å². The molecule has 2 nitrogen and oxygen atoms in total. The summed E-state index contributed by atoms with van der Waals surface area (Å²) in [6.07, 6.45) is 1.35. The molecule has 1 aromatic carbocycles. The number of aromatic amines is 1. The van der Waals surface area contributed by atoms with Crippen LogP contribution >= 0.6 is 11.8 Å². The third-order valence-electron chi connectivity index (χ3n) is 2.08. The Kier molecular flexibility index (Phi) is 2.75. The highest BCUT2D eigenvalue weighted by molar-refractivity contribution is 8.00. The Hall–Kier alpha value is -1.30. The lowest BCUT2D eigenvalue weighted by Gasteiger charge is -2.04. The van der Waals surface area contributed by atoms with Crippen molar-refractivity contribution in [2.24, 2.45) is 0 Å². The summed E-state index contributed by atoms with van der Waals surface area (Å²) in [7, 11) is 1.48. The topological polar surface area (TPSA) is 25.0 Å². The fourth-order valence-corrected chi connectivity index (χ4v) is 2.06. The lowest BCUT2D eigenvalue weighted by Crippen LogP contribution is -1.98. The standard InChI is InChI=1S/C10H8F3NOS/c1-15-6-2-3-8-7(4-6)9(5-14-8)16-10(11,12)13/h2-5,14H,1H3. The monoisotopic (exact) mass is 247 g/mol. The summed E-state index contributed by atoms with van der Waals surface area (Å²) in [6.45, 7) is 0. The van der Waals surface area contributed by atoms with Gasteiger partial charge in [-0.2, -0.15) is 13.2 Å². The molecule has 86 valence electrons. The number of alkyl halides is 3. The molecule has 0 saturated carbocycles. The third kappa shape index (κ3) is 2.27. The molecule has 0 aliphatic heterocycles. The zero-order valence-electron chi connectivity index (χ0n) is 8.26. The molecule has 0 fully saturated rings. The molecule has 2 rings (SSSR count). The fraction of sp³-hybridized carbons (Fsp3) is 0.200. The lowest BCUT2D eigenvalue weighted by molar-refractivity contribution is -0.0327. The number of rotatable bonds is 2. The van der Waals surface area contributed by atoms with Crippen LogP contribution in [0.5, 0.6) is 5.75 Å². The van der Waals surface area contributed by atoms with Crippen LogP contribution in [0.15, 0.2) is 29.3 Å². The summed E-state index contributed by atoms with van der Waals surface area (Å²) in [4.78, 5) is 2.94. The second kappa shape index (κ2) is 3.93. The van der Waals surface area contributed by atoms with Crippen LogP contribution in [0.4, 0.5) is 13.2 Å². The summed E-state index contributed by atoms with van der Waals surface area (Å²) < 4.78 is 41.7. The molecule has 2 aromatic rings. The van der Waals surface area contributed by atoms with E-state index in [1.807, 2.05) is 0 Å². The number of hydrogen-bond acceptors (Lipinski definition) is 2. The normalized spacial score (nSPS) is 12.0. The van der Waals surface area contributed by atoms with Crippen molar-refractivity contribution in [1.29, 1.82) is 0 Å². The van der Waals surface area contributed by atoms with E-state index in [9.17, 15) is 13.2 Å². The van der Waals surface area contributed by atoms with E-state index in [-0.39, 0.29) is 16.7 Å². The number of benzene rings is 1. The minimum atomic E-state index is -4.28. The Balaban J connectivity index is 2.46. The average molecular weight is 247 g/mol. The number of fused-ring (bicyclic) bond motifs is 1. The van der Waals surface area contributed by atoms with E-state index in [2.05, 4.69) is 4.98 Å². The van der Waals surface area contributed by atoms with Gasteiger partial charge in [0, 0.05) is 22.0 Å². The van der Waals surface area contributed by atoms with E-state index in [1.54, 1.807) is 18.2 Å². The molecular formula is C10H8F3NOS. The van der Waals surface area contributed by atoms with Gasteiger partial charge in [0.05, 0.1) is 7.11 Å². The molecule has 0 saturated heterocycles. The first-order valence-corrected chi connectivity index (χ1v) is 5.22. The van der Waals surface area contributed by atoms with Crippen LogP contribution in [0.3, 0.4) is 0 Å². The fourth-order valence-electron chi connectivity index (χ4n) is 1.41. The van der Waals surface area contributed by atoms with E-state index in [1.165, 1.54) is 13.3 Å². The van der Waals surface area contributed by atoms with Crippen molar-refractivity contribution in [3.8, 4) is 5.75 Å². The Labute approximate surface area is 93.8 Å². The van der Waals surface area contributed by atoms with Crippen LogP contribution < -0.4 is 4.74 Å². The number of halogens is 3. The van der Waals surface area contributed by atoms with Gasteiger partial charge in [-0.05, 0) is 30.0 Å². The first-order valence-electron chi connectivity index (χ1n) is 4.40. The van der Waals surface area contributed by atoms with Crippen molar-refractivity contribution < 1.29 is 17.9 Å². The van der Waals surface area contributed by atoms with Gasteiger partial charge in [-0.3, -0.25) is 0 Å². The molecule has 1 aromatic heterocycles. The maximum Gasteiger partial charge on any atom is 0.446 e. The summed E-state index contributed by atoms with van der Waals surface area (Å²) in [5.74, 6) is 0.538. The lowest BCUT2D eigenvalue weighted by atomic mass is 10.2. The van der Waals surface area contributed by atoms with Crippen LogP contribution in [0.2, 0.25) is 0 Å². The molecule has 6 heteroatoms. The van der Waals surface area contributed by atoms with Crippen LogP contribution in [0.25, 0.3) is 10.9 Å². The van der Waals surface area contributed by atoms with Crippen molar-refractivity contribution in [2.45, 2.75) is 10.4 Å². The molecule has 0 unspecified atom stereocenters. The number of thioether (sulfide) groups is 1. The largest absolute Gasteiger partial charge is 0.497 e. The van der Waals surface area contributed by atoms with Gasteiger partial charge in [0.25, 0.3) is 0 Å². The van der Waals surface area contributed by atoms with E-state index in [0.29, 0.717) is 16.7 Å². The first-order chi connectivity index (χ1) is 7.49. The van der Waals surface area contributed by atoms with Crippen molar-refractivity contribution >= 4 is 22.7 Å². The smallest absolute Gasteiger partial charge is 0.446 e. The van der Waals surface area contributed by atoms with Crippen LogP contribution in [-0.2, 0) is 0 Å². The molecule has 0 atom stereocenters. The second-order valence-corrected chi connectivity index (χ2v) is 4.22. The molecule has 0 aliphatic carbocycles. The summed E-state index contributed by atoms with van der Waals surface area (Å²) >= 11 is -0.131. The number of aromatic nitrogens is 1. The van der Waals surface area contributed by atoms with Gasteiger partial charge >= 0.3 is 5.51 Å². The third-order valence-corrected chi connectivity index (χ3v) is 2.87. The quantitative estimate of drug-likeness (QED) is 0.817. The SMILES string of the molecule is COc1ccc2[nH]cc(SC(F)(F)F)c2c1. The van der Waals surface area contributed by atoms with Crippen molar-refractivity contribution in [1.82, 2.24) is 4.98 Å². The molecule has 1 heterocycles. The van der Waals surface area contributed by atoms with Gasteiger partial charge in [-0.25, -0.2) is 0 Å². The van der Waals surface area contributed by atoms with Gasteiger partial charge in [0.15, 0.2) is 0 Å². The minimum absolute atomic E-state index is 0.131. The number of H-pyrrole nitrogens is 1. The average Bonchev–Trinajstić information content (AvgIpc) is 2.58. The highest BCUT2D eigenvalue weighted by Crippen LogP contribution is 2.40. The Morgan fingerprint density at radius 1 is 1.31 bits per heavy atom. The molecule has 16 heavy (non-hydrogen) atoms. The van der Waals surface area contributed by atoms with Gasteiger partial charge < -0.3 is 9.72 Å². The predicted octanol–water partition coefficient (Wildman–Crippen LogP) is 3.79. The zero-order chi connectivity index (χ0) is 11.8. The summed E-state index contributed by atoms with van der Waals surface area (Å²) in [5.41, 5.74) is -3.62. The summed E-state index contributed by atoms with van der Waals surface area (Å²) in [5, 5.41) is 0.515. The van der Waals surface area contributed by atoms with Crippen molar-refractivity contribution in [2.75, 3.05) is 7.11 Å². The number of hydrogen-bond donors (Lipinski definition) is 1. The molecule has 0 aliphatic rings. The van der Waals surface area contributed by atoms with Crippen LogP contribution in [0, 0.1) is 0 Å². The van der Waals surface area contributed by atoms with Crippen LogP contribution in [0.1, 0.15) is 0 Å². The molecule has 0 spiro atoms. The molecule has 0 bridgehead atoms. The van der Waals surface area contributed by atoms with E-state index in [4.69, 9.17) is 4.74 Å². The predicted molar refractivity (Wildman–Crippen MR) is 56.8 cm³/mol. The molecule has 0 amide bonds. The Morgan fingerprint density at radius 3 is 2.69 bits per heavy atom. The van der Waals surface area contributed by atoms with E-state index >= 15 is 0 Å². The van der Waals surface area contributed by atoms with Gasteiger partial charge in [0.2, 0.25) is 0 Å². The second-order valence-electron chi connectivity index (χ2n) is 3.11. The maximum absolute atomic E-state index is 12.2. The van der Waals surface area contributed by atoms with Crippen molar-refractivity contribution in [3.63, 3.8) is 0 Å². The Morgan fingerprint density at radius 2 is 2.06 bits per heavy atom. The molecule has 0 radical (unpaired) electrons. The van der Waals surface area contributed by atoms with Gasteiger partial charge in [0.1, 0.15) is 5.75 Å². The number of nitrogens with one attached hydrogen (secondary N) is 1. The zero-order valence-corrected chi connectivity index (χ0v) is 9.08. The molecule has 1 N–H and O–H groups in total. The molecular weight excluding hydrogens is 239 g/mol. The first kappa shape index (κ1) is 11.2. The van der Waals surface area contributed by atoms with E-state index < -0.39 is 5.51 Å². The highest BCUT2D eigenvalue weighted by Gasteiger charge is 2.30. The minimum Gasteiger partial charge on any atom is -0.497 e. The van der Waals surface area contributed by atoms with Gasteiger partial charge in [-0.15, -0.1) is 0 Å².